The third kappa shape index (κ3) is 3.88. The molecule has 116 valence electrons. The lowest BCUT2D eigenvalue weighted by atomic mass is 10.1. The van der Waals surface area contributed by atoms with Crippen LogP contribution in [0.4, 0.5) is 0 Å². The maximum atomic E-state index is 11.8. The Morgan fingerprint density at radius 3 is 2.75 bits per heavy atom. The Balaban J connectivity index is 1.65. The first-order chi connectivity index (χ1) is 11.7. The molecule has 0 fully saturated rings. The van der Waals surface area contributed by atoms with E-state index in [1.807, 2.05) is 55.5 Å². The van der Waals surface area contributed by atoms with E-state index in [9.17, 15) is 4.79 Å². The van der Waals surface area contributed by atoms with Crippen LogP contribution < -0.4 is 5.43 Å². The molecule has 1 amide bonds. The van der Waals surface area contributed by atoms with Crippen molar-refractivity contribution in [1.29, 1.82) is 0 Å². The van der Waals surface area contributed by atoms with Gasteiger partial charge in [0.05, 0.1) is 6.21 Å². The van der Waals surface area contributed by atoms with E-state index in [0.717, 1.165) is 21.9 Å². The minimum atomic E-state index is -0.275. The molecule has 0 saturated carbocycles. The molecule has 24 heavy (non-hydrogen) atoms. The SMILES string of the molecule is Cc1ccc(/C=C/C(=O)N/N=C\c2cc#cc3ccccc23)cc1. The number of hydrazone groups is 1. The van der Waals surface area contributed by atoms with Crippen LogP contribution in [0.5, 0.6) is 0 Å². The Morgan fingerprint density at radius 2 is 1.92 bits per heavy atom. The van der Waals surface area contributed by atoms with Crippen LogP contribution in [0, 0.1) is 19.1 Å². The summed E-state index contributed by atoms with van der Waals surface area (Å²) in [6.45, 7) is 2.03. The highest BCUT2D eigenvalue weighted by atomic mass is 16.2. The van der Waals surface area contributed by atoms with Gasteiger partial charge in [-0.1, -0.05) is 60.2 Å². The molecule has 0 aromatic heterocycles. The third-order valence-corrected chi connectivity index (χ3v) is 3.56. The number of carbonyl (C=O) groups excluding carboxylic acids is 1. The molecular formula is C21H16N2O. The molecule has 3 heteroatoms. The lowest BCUT2D eigenvalue weighted by Crippen LogP contribution is -2.14. The molecule has 0 heterocycles. The predicted octanol–water partition coefficient (Wildman–Crippen LogP) is 3.91. The molecule has 0 unspecified atom stereocenters. The summed E-state index contributed by atoms with van der Waals surface area (Å²) in [4.78, 5) is 11.8. The first-order valence-electron chi connectivity index (χ1n) is 7.61. The van der Waals surface area contributed by atoms with E-state index in [2.05, 4.69) is 22.7 Å². The number of benzene rings is 2. The molecule has 1 N–H and O–H groups in total. The minimum Gasteiger partial charge on any atom is -0.268 e. The van der Waals surface area contributed by atoms with Crippen molar-refractivity contribution >= 4 is 29.0 Å². The van der Waals surface area contributed by atoms with Crippen molar-refractivity contribution in [3.63, 3.8) is 0 Å². The molecule has 0 aliphatic rings. The van der Waals surface area contributed by atoms with Crippen LogP contribution >= 0.6 is 0 Å². The predicted molar refractivity (Wildman–Crippen MR) is 97.6 cm³/mol. The van der Waals surface area contributed by atoms with Crippen LogP contribution in [-0.4, -0.2) is 12.1 Å². The van der Waals surface area contributed by atoms with Crippen molar-refractivity contribution in [2.45, 2.75) is 6.92 Å². The number of hydrogen-bond acceptors (Lipinski definition) is 2. The first kappa shape index (κ1) is 15.5. The van der Waals surface area contributed by atoms with Gasteiger partial charge in [0.25, 0.3) is 5.91 Å². The molecule has 0 bridgehead atoms. The van der Waals surface area contributed by atoms with Crippen molar-refractivity contribution in [3.05, 3.63) is 89.5 Å². The van der Waals surface area contributed by atoms with Crippen LogP contribution in [0.2, 0.25) is 0 Å². The Bertz CT molecular complexity index is 903. The summed E-state index contributed by atoms with van der Waals surface area (Å²) < 4.78 is 0. The van der Waals surface area contributed by atoms with Crippen molar-refractivity contribution in [2.24, 2.45) is 5.10 Å². The van der Waals surface area contributed by atoms with Crippen molar-refractivity contribution < 1.29 is 4.79 Å². The van der Waals surface area contributed by atoms with Gasteiger partial charge < -0.3 is 0 Å². The number of carbonyl (C=O) groups is 1. The molecule has 0 spiro atoms. The maximum Gasteiger partial charge on any atom is 0.264 e. The Morgan fingerprint density at radius 1 is 1.12 bits per heavy atom. The first-order valence-corrected chi connectivity index (χ1v) is 7.61. The van der Waals surface area contributed by atoms with Gasteiger partial charge in [0.1, 0.15) is 0 Å². The third-order valence-electron chi connectivity index (χ3n) is 3.56. The Labute approximate surface area is 141 Å². The summed E-state index contributed by atoms with van der Waals surface area (Å²) in [6, 6.07) is 23.6. The molecule has 0 aliphatic carbocycles. The van der Waals surface area contributed by atoms with Gasteiger partial charge in [-0.2, -0.15) is 5.10 Å². The Kier molecular flexibility index (Phi) is 4.69. The van der Waals surface area contributed by atoms with Crippen LogP contribution in [-0.2, 0) is 4.79 Å². The van der Waals surface area contributed by atoms with E-state index in [-0.39, 0.29) is 5.91 Å². The highest BCUT2D eigenvalue weighted by molar-refractivity contribution is 5.99. The molecule has 3 nitrogen and oxygen atoms in total. The zero-order chi connectivity index (χ0) is 16.8. The van der Waals surface area contributed by atoms with E-state index in [0.29, 0.717) is 0 Å². The number of aryl methyl sites for hydroxylation is 1. The van der Waals surface area contributed by atoms with Gasteiger partial charge in [-0.25, -0.2) is 5.43 Å². The minimum absolute atomic E-state index is 0.275. The number of fused-ring (bicyclic) bond motifs is 1. The summed E-state index contributed by atoms with van der Waals surface area (Å²) in [5, 5.41) is 5.99. The van der Waals surface area contributed by atoms with Crippen molar-refractivity contribution in [2.75, 3.05) is 0 Å². The summed E-state index contributed by atoms with van der Waals surface area (Å²) in [5.74, 6) is -0.275. The summed E-state index contributed by atoms with van der Waals surface area (Å²) in [6.07, 6.45) is 4.83. The second-order valence-electron chi connectivity index (χ2n) is 5.39. The highest BCUT2D eigenvalue weighted by Gasteiger charge is 1.97. The summed E-state index contributed by atoms with van der Waals surface area (Å²) in [5.41, 5.74) is 5.54. The van der Waals surface area contributed by atoms with Gasteiger partial charge >= 0.3 is 0 Å². The number of rotatable bonds is 4. The van der Waals surface area contributed by atoms with Gasteiger partial charge in [-0.05, 0) is 36.1 Å². The van der Waals surface area contributed by atoms with Gasteiger partial charge in [-0.15, -0.1) is 0 Å². The van der Waals surface area contributed by atoms with E-state index >= 15 is 0 Å². The molecule has 0 atom stereocenters. The largest absolute Gasteiger partial charge is 0.268 e. The standard InChI is InChI=1S/C21H16N2O/c1-16-9-11-17(12-10-16)13-14-21(24)23-22-15-19-7-4-6-18-5-2-3-8-20(18)19/h2-3,5,7-15H,1H3,(H,23,24)/b14-13+,22-15-. The van der Waals surface area contributed by atoms with E-state index < -0.39 is 0 Å². The average molecular weight is 312 g/mol. The summed E-state index contributed by atoms with van der Waals surface area (Å²) >= 11 is 0. The van der Waals surface area contributed by atoms with Gasteiger partial charge in [0.2, 0.25) is 0 Å². The van der Waals surface area contributed by atoms with Crippen LogP contribution in [0.15, 0.2) is 65.8 Å². The zero-order valence-corrected chi connectivity index (χ0v) is 13.3. The molecule has 0 aliphatic heterocycles. The number of nitrogens with one attached hydrogen (secondary N) is 1. The van der Waals surface area contributed by atoms with E-state index in [1.165, 1.54) is 11.6 Å². The second kappa shape index (κ2) is 7.26. The fourth-order valence-corrected chi connectivity index (χ4v) is 2.27. The second-order valence-corrected chi connectivity index (χ2v) is 5.39. The van der Waals surface area contributed by atoms with E-state index in [4.69, 9.17) is 0 Å². The van der Waals surface area contributed by atoms with Crippen LogP contribution in [0.25, 0.3) is 16.8 Å². The van der Waals surface area contributed by atoms with Crippen LogP contribution in [0.3, 0.4) is 0 Å². The zero-order valence-electron chi connectivity index (χ0n) is 13.3. The molecule has 0 saturated heterocycles. The quantitative estimate of drug-likeness (QED) is 0.443. The molecule has 3 aromatic rings. The fourth-order valence-electron chi connectivity index (χ4n) is 2.27. The van der Waals surface area contributed by atoms with Gasteiger partial charge in [0.15, 0.2) is 0 Å². The van der Waals surface area contributed by atoms with Gasteiger partial charge in [-0.3, -0.25) is 4.79 Å². The number of hydrogen-bond donors (Lipinski definition) is 1. The monoisotopic (exact) mass is 312 g/mol. The molecular weight excluding hydrogens is 296 g/mol. The normalized spacial score (nSPS) is 11.0. The Hall–Kier alpha value is -3.38. The fraction of sp³-hybridized carbons (Fsp3) is 0.0476. The number of amides is 1. The number of nitrogens with zero attached hydrogens (tertiary/aromatic N) is 1. The molecule has 0 radical (unpaired) electrons. The molecule has 3 aromatic carbocycles. The van der Waals surface area contributed by atoms with Gasteiger partial charge in [0, 0.05) is 17.0 Å². The highest BCUT2D eigenvalue weighted by Crippen LogP contribution is 2.13. The molecule has 3 rings (SSSR count). The lowest BCUT2D eigenvalue weighted by molar-refractivity contribution is -0.116. The average Bonchev–Trinajstić information content (AvgIpc) is 2.61. The summed E-state index contributed by atoms with van der Waals surface area (Å²) in [7, 11) is 0. The maximum absolute atomic E-state index is 11.8. The smallest absolute Gasteiger partial charge is 0.264 e. The van der Waals surface area contributed by atoms with Crippen molar-refractivity contribution in [3.8, 4) is 0 Å². The lowest BCUT2D eigenvalue weighted by Gasteiger charge is -1.98. The van der Waals surface area contributed by atoms with Crippen molar-refractivity contribution in [1.82, 2.24) is 5.43 Å². The topological polar surface area (TPSA) is 41.5 Å². The van der Waals surface area contributed by atoms with Crippen LogP contribution in [0.1, 0.15) is 16.7 Å². The van der Waals surface area contributed by atoms with E-state index in [1.54, 1.807) is 18.4 Å².